The summed E-state index contributed by atoms with van der Waals surface area (Å²) in [6.45, 7) is 4.27. The molecule has 2 aromatic rings. The molecule has 2 aromatic carbocycles. The molecule has 1 unspecified atom stereocenters. The molecule has 2 atom stereocenters. The van der Waals surface area contributed by atoms with Gasteiger partial charge in [-0.15, -0.1) is 0 Å². The van der Waals surface area contributed by atoms with Gasteiger partial charge in [-0.05, 0) is 31.0 Å². The second-order valence-electron chi connectivity index (χ2n) is 7.32. The van der Waals surface area contributed by atoms with Crippen LogP contribution in [-0.2, 0) is 21.0 Å². The summed E-state index contributed by atoms with van der Waals surface area (Å²) < 4.78 is 14.5. The first-order chi connectivity index (χ1) is 14.0. The summed E-state index contributed by atoms with van der Waals surface area (Å²) in [6, 6.07) is 13.8. The lowest BCUT2D eigenvalue weighted by Gasteiger charge is -2.32. The first-order valence-corrected chi connectivity index (χ1v) is 9.78. The number of benzene rings is 2. The van der Waals surface area contributed by atoms with Crippen molar-refractivity contribution in [1.29, 1.82) is 0 Å². The zero-order valence-corrected chi connectivity index (χ0v) is 16.4. The number of hydroxylamine groups is 2. The first kappa shape index (κ1) is 19.3. The molecule has 1 aliphatic heterocycles. The highest BCUT2D eigenvalue weighted by molar-refractivity contribution is 6.21. The molecule has 0 bridgehead atoms. The van der Waals surface area contributed by atoms with Gasteiger partial charge in [0.25, 0.3) is 5.91 Å². The number of nitrogens with zero attached hydrogens (tertiary/aromatic N) is 1. The van der Waals surface area contributed by atoms with Gasteiger partial charge in [-0.1, -0.05) is 42.5 Å². The van der Waals surface area contributed by atoms with E-state index in [-0.39, 0.29) is 30.0 Å². The van der Waals surface area contributed by atoms with E-state index < -0.39 is 6.04 Å². The van der Waals surface area contributed by atoms with Crippen LogP contribution in [0.5, 0.6) is 0 Å². The van der Waals surface area contributed by atoms with Crippen molar-refractivity contribution in [3.05, 3.63) is 76.7 Å². The normalized spacial score (nSPS) is 19.1. The van der Waals surface area contributed by atoms with Crippen molar-refractivity contribution in [3.8, 4) is 0 Å². The Morgan fingerprint density at radius 1 is 1.24 bits per heavy atom. The van der Waals surface area contributed by atoms with Crippen LogP contribution in [0.2, 0.25) is 0 Å². The second kappa shape index (κ2) is 7.79. The highest BCUT2D eigenvalue weighted by Crippen LogP contribution is 2.39. The number of fused-ring (bicyclic) bond motifs is 1. The molecule has 1 amide bonds. The molecular weight excluding hydrogens is 371 g/mol. The number of hydrogen-bond donors (Lipinski definition) is 1. The molecule has 0 aromatic heterocycles. The quantitative estimate of drug-likeness (QED) is 0.810. The van der Waals surface area contributed by atoms with E-state index in [4.69, 9.17) is 4.84 Å². The predicted molar refractivity (Wildman–Crippen MR) is 107 cm³/mol. The molecule has 0 radical (unpaired) electrons. The molecule has 150 valence electrons. The lowest BCUT2D eigenvalue weighted by atomic mass is 9.92. The Hall–Kier alpha value is -2.99. The Kier molecular flexibility index (Phi) is 5.20. The largest absolute Gasteiger partial charge is 0.344 e. The van der Waals surface area contributed by atoms with Crippen LogP contribution in [-0.4, -0.2) is 23.4 Å². The standard InChI is InChI=1S/C23H23FN2O3/c1-3-29-26-13-18-16(10-7-11-19(18)24)21(14(26)2)23(28)25-22(17-12-20(17)27)15-8-5-4-6-9-15/h4-11,17,22H,3,12-13H2,1-2H3,(H,25,28)/t17?,22-/m1/s1. The third-order valence-electron chi connectivity index (χ3n) is 5.46. The van der Waals surface area contributed by atoms with Crippen molar-refractivity contribution in [2.45, 2.75) is 32.9 Å². The minimum atomic E-state index is -0.407. The highest BCUT2D eigenvalue weighted by Gasteiger charge is 2.43. The SMILES string of the molecule is CCON1Cc2c(F)cccc2C(C(=O)N[C@H](c2ccccc2)C2CC2=O)=C1C. The number of amides is 1. The van der Waals surface area contributed by atoms with E-state index >= 15 is 0 Å². The fourth-order valence-electron chi connectivity index (χ4n) is 3.87. The lowest BCUT2D eigenvalue weighted by molar-refractivity contribution is -0.136. The molecule has 1 aliphatic carbocycles. The van der Waals surface area contributed by atoms with Gasteiger partial charge in [0.15, 0.2) is 0 Å². The maximum absolute atomic E-state index is 14.5. The maximum Gasteiger partial charge on any atom is 0.254 e. The summed E-state index contributed by atoms with van der Waals surface area (Å²) in [6.07, 6.45) is 0.453. The molecule has 4 rings (SSSR count). The molecule has 1 heterocycles. The van der Waals surface area contributed by atoms with Gasteiger partial charge in [-0.25, -0.2) is 4.39 Å². The van der Waals surface area contributed by atoms with E-state index in [9.17, 15) is 14.0 Å². The summed E-state index contributed by atoms with van der Waals surface area (Å²) >= 11 is 0. The molecule has 6 heteroatoms. The second-order valence-corrected chi connectivity index (χ2v) is 7.32. The molecule has 1 N–H and O–H groups in total. The maximum atomic E-state index is 14.5. The van der Waals surface area contributed by atoms with Gasteiger partial charge in [0.1, 0.15) is 11.6 Å². The van der Waals surface area contributed by atoms with Crippen molar-refractivity contribution in [1.82, 2.24) is 10.4 Å². The smallest absolute Gasteiger partial charge is 0.254 e. The van der Waals surface area contributed by atoms with Crippen LogP contribution in [0.25, 0.3) is 5.57 Å². The van der Waals surface area contributed by atoms with Crippen LogP contribution in [0.4, 0.5) is 4.39 Å². The Morgan fingerprint density at radius 3 is 2.62 bits per heavy atom. The van der Waals surface area contributed by atoms with Crippen LogP contribution >= 0.6 is 0 Å². The van der Waals surface area contributed by atoms with Gasteiger partial charge in [0, 0.05) is 17.9 Å². The number of carbonyl (C=O) groups is 2. The molecule has 2 aliphatic rings. The molecule has 29 heavy (non-hydrogen) atoms. The van der Waals surface area contributed by atoms with Gasteiger partial charge in [0.2, 0.25) is 0 Å². The van der Waals surface area contributed by atoms with Gasteiger partial charge in [0.05, 0.1) is 30.5 Å². The Bertz CT molecular complexity index is 987. The minimum absolute atomic E-state index is 0.135. The Balaban J connectivity index is 1.71. The van der Waals surface area contributed by atoms with E-state index in [1.807, 2.05) is 37.3 Å². The molecular formula is C23H23FN2O3. The number of allylic oxidation sites excluding steroid dienone is 1. The predicted octanol–water partition coefficient (Wildman–Crippen LogP) is 3.77. The van der Waals surface area contributed by atoms with Gasteiger partial charge >= 0.3 is 0 Å². The van der Waals surface area contributed by atoms with Crippen molar-refractivity contribution in [2.24, 2.45) is 5.92 Å². The zero-order chi connectivity index (χ0) is 20.5. The summed E-state index contributed by atoms with van der Waals surface area (Å²) in [5, 5.41) is 4.58. The van der Waals surface area contributed by atoms with E-state index in [0.29, 0.717) is 35.4 Å². The topological polar surface area (TPSA) is 58.6 Å². The van der Waals surface area contributed by atoms with Crippen LogP contribution in [0.1, 0.15) is 43.0 Å². The fourth-order valence-corrected chi connectivity index (χ4v) is 3.87. The summed E-state index contributed by atoms with van der Waals surface area (Å²) in [5.74, 6) is -0.800. The minimum Gasteiger partial charge on any atom is -0.344 e. The van der Waals surface area contributed by atoms with Crippen LogP contribution in [0.3, 0.4) is 0 Å². The lowest BCUT2D eigenvalue weighted by Crippen LogP contribution is -2.36. The van der Waals surface area contributed by atoms with Crippen LogP contribution in [0.15, 0.2) is 54.2 Å². The number of rotatable bonds is 6. The van der Waals surface area contributed by atoms with Crippen molar-refractivity contribution < 1.29 is 18.8 Å². The number of Topliss-reactive ketones (excluding diaryl/α,β-unsaturated/α-hetero) is 1. The fraction of sp³-hybridized carbons (Fsp3) is 0.304. The molecule has 0 spiro atoms. The van der Waals surface area contributed by atoms with Gasteiger partial charge in [-0.2, -0.15) is 0 Å². The summed E-state index contributed by atoms with van der Waals surface area (Å²) in [5.41, 5.74) is 2.86. The van der Waals surface area contributed by atoms with E-state index in [1.54, 1.807) is 24.1 Å². The molecule has 1 saturated carbocycles. The molecule has 0 saturated heterocycles. The average molecular weight is 394 g/mol. The Labute approximate surface area is 169 Å². The third-order valence-corrected chi connectivity index (χ3v) is 5.46. The summed E-state index contributed by atoms with van der Waals surface area (Å²) in [7, 11) is 0. The van der Waals surface area contributed by atoms with Gasteiger partial charge < -0.3 is 5.32 Å². The number of halogens is 1. The first-order valence-electron chi connectivity index (χ1n) is 9.78. The van der Waals surface area contributed by atoms with Crippen molar-refractivity contribution in [3.63, 3.8) is 0 Å². The van der Waals surface area contributed by atoms with Gasteiger partial charge in [-0.3, -0.25) is 19.5 Å². The Morgan fingerprint density at radius 2 is 1.97 bits per heavy atom. The zero-order valence-electron chi connectivity index (χ0n) is 16.4. The monoisotopic (exact) mass is 394 g/mol. The van der Waals surface area contributed by atoms with Crippen molar-refractivity contribution in [2.75, 3.05) is 6.61 Å². The van der Waals surface area contributed by atoms with E-state index in [1.165, 1.54) is 6.07 Å². The molecule has 5 nitrogen and oxygen atoms in total. The van der Waals surface area contributed by atoms with E-state index in [0.717, 1.165) is 5.56 Å². The van der Waals surface area contributed by atoms with Crippen molar-refractivity contribution >= 4 is 17.3 Å². The number of ketones is 1. The summed E-state index contributed by atoms with van der Waals surface area (Å²) in [4.78, 5) is 30.9. The van der Waals surface area contributed by atoms with Crippen LogP contribution in [0, 0.1) is 11.7 Å². The average Bonchev–Trinajstić information content (AvgIpc) is 3.44. The number of hydrogen-bond acceptors (Lipinski definition) is 4. The van der Waals surface area contributed by atoms with E-state index in [2.05, 4.69) is 5.32 Å². The number of carbonyl (C=O) groups excluding carboxylic acids is 2. The van der Waals surface area contributed by atoms with Crippen LogP contribution < -0.4 is 5.32 Å². The highest BCUT2D eigenvalue weighted by atomic mass is 19.1. The molecule has 1 fully saturated rings. The number of nitrogens with one attached hydrogen (secondary N) is 1. The third kappa shape index (κ3) is 3.68.